The van der Waals surface area contributed by atoms with Crippen LogP contribution in [0.25, 0.3) is 0 Å². The average Bonchev–Trinajstić information content (AvgIpc) is 2.83. The predicted octanol–water partition coefficient (Wildman–Crippen LogP) is 6.94. The van der Waals surface area contributed by atoms with E-state index in [-0.39, 0.29) is 24.0 Å². The summed E-state index contributed by atoms with van der Waals surface area (Å²) in [6.07, 6.45) is 3.11. The Hall–Kier alpha value is -2.19. The lowest BCUT2D eigenvalue weighted by Gasteiger charge is -2.26. The van der Waals surface area contributed by atoms with Gasteiger partial charge in [-0.25, -0.2) is 4.99 Å². The van der Waals surface area contributed by atoms with Crippen molar-refractivity contribution in [3.63, 3.8) is 0 Å². The lowest BCUT2D eigenvalue weighted by molar-refractivity contribution is 0.405. The van der Waals surface area contributed by atoms with Gasteiger partial charge >= 0.3 is 0 Å². The molecule has 32 heavy (non-hydrogen) atoms. The van der Waals surface area contributed by atoms with Gasteiger partial charge in [0.05, 0.1) is 19.9 Å². The van der Waals surface area contributed by atoms with Crippen LogP contribution in [0.15, 0.2) is 77.8 Å². The molecule has 4 nitrogen and oxygen atoms in total. The first-order valence-electron chi connectivity index (χ1n) is 10.4. The summed E-state index contributed by atoms with van der Waals surface area (Å²) in [7, 11) is 3.38. The summed E-state index contributed by atoms with van der Waals surface area (Å²) in [6, 6.07) is 24.9. The molecule has 0 aliphatic carbocycles. The molecule has 0 fully saturated rings. The van der Waals surface area contributed by atoms with Gasteiger partial charge in [-0.3, -0.25) is 0 Å². The van der Waals surface area contributed by atoms with E-state index in [1.807, 2.05) is 24.3 Å². The molecule has 0 radical (unpaired) electrons. The highest BCUT2D eigenvalue weighted by molar-refractivity contribution is 14.0. The minimum absolute atomic E-state index is 0. The summed E-state index contributed by atoms with van der Waals surface area (Å²) in [6.45, 7) is 3.67. The molecular weight excluding hydrogens is 531 g/mol. The van der Waals surface area contributed by atoms with Gasteiger partial charge in [-0.2, -0.15) is 0 Å². The van der Waals surface area contributed by atoms with E-state index >= 15 is 0 Å². The van der Waals surface area contributed by atoms with Crippen molar-refractivity contribution >= 4 is 46.6 Å². The molecule has 0 heterocycles. The summed E-state index contributed by atoms with van der Waals surface area (Å²) >= 11 is 1.66. The number of rotatable bonds is 8. The van der Waals surface area contributed by atoms with Crippen LogP contribution in [0.2, 0.25) is 0 Å². The van der Waals surface area contributed by atoms with Crippen LogP contribution in [0.5, 0.6) is 11.5 Å². The minimum Gasteiger partial charge on any atom is -0.497 e. The normalized spacial score (nSPS) is 10.9. The molecule has 170 valence electrons. The SMILES string of the molecule is CCc1ccc(N=C(SC)N(Cc2ccc(OC)cc2)Cc2ccc(OC)cc2)cc1.I. The van der Waals surface area contributed by atoms with E-state index in [1.54, 1.807) is 26.0 Å². The standard InChI is InChI=1S/C26H30N2O2S.HI/c1-5-20-6-12-23(13-7-20)27-26(31-4)28(18-21-8-14-24(29-2)15-9-21)19-22-10-16-25(30-3)17-11-22;/h6-17H,5,18-19H2,1-4H3;1H. The lowest BCUT2D eigenvalue weighted by Crippen LogP contribution is -2.27. The molecule has 0 N–H and O–H groups in total. The Morgan fingerprint density at radius 2 is 1.19 bits per heavy atom. The van der Waals surface area contributed by atoms with E-state index in [1.165, 1.54) is 16.7 Å². The fraction of sp³-hybridized carbons (Fsp3) is 0.269. The molecule has 0 spiro atoms. The van der Waals surface area contributed by atoms with Gasteiger partial charge in [0.2, 0.25) is 0 Å². The number of hydrogen-bond acceptors (Lipinski definition) is 4. The quantitative estimate of drug-likeness (QED) is 0.169. The number of nitrogens with zero attached hydrogens (tertiary/aromatic N) is 2. The molecule has 0 unspecified atom stereocenters. The van der Waals surface area contributed by atoms with Crippen molar-refractivity contribution < 1.29 is 9.47 Å². The molecule has 0 aliphatic heterocycles. The third-order valence-corrected chi connectivity index (χ3v) is 5.80. The van der Waals surface area contributed by atoms with Crippen molar-refractivity contribution in [3.05, 3.63) is 89.5 Å². The first-order valence-corrected chi connectivity index (χ1v) is 11.6. The molecule has 0 atom stereocenters. The Bertz CT molecular complexity index is 925. The number of amidine groups is 1. The molecule has 0 bridgehead atoms. The van der Waals surface area contributed by atoms with E-state index < -0.39 is 0 Å². The van der Waals surface area contributed by atoms with Crippen molar-refractivity contribution in [2.24, 2.45) is 4.99 Å². The summed E-state index contributed by atoms with van der Waals surface area (Å²) in [5.41, 5.74) is 4.70. The van der Waals surface area contributed by atoms with Gasteiger partial charge in [0.25, 0.3) is 0 Å². The first kappa shape index (κ1) is 26.1. The smallest absolute Gasteiger partial charge is 0.164 e. The van der Waals surface area contributed by atoms with E-state index in [4.69, 9.17) is 14.5 Å². The molecule has 0 aliphatic rings. The minimum atomic E-state index is 0. The summed E-state index contributed by atoms with van der Waals surface area (Å²) in [5.74, 6) is 1.72. The van der Waals surface area contributed by atoms with Crippen LogP contribution >= 0.6 is 35.7 Å². The van der Waals surface area contributed by atoms with E-state index in [0.29, 0.717) is 0 Å². The van der Waals surface area contributed by atoms with Gasteiger partial charge < -0.3 is 14.4 Å². The van der Waals surface area contributed by atoms with Crippen LogP contribution in [0.3, 0.4) is 0 Å². The second-order valence-electron chi connectivity index (χ2n) is 7.17. The lowest BCUT2D eigenvalue weighted by atomic mass is 10.1. The maximum absolute atomic E-state index is 5.30. The van der Waals surface area contributed by atoms with Gasteiger partial charge in [0, 0.05) is 13.1 Å². The molecule has 3 aromatic rings. The second kappa shape index (κ2) is 13.4. The summed E-state index contributed by atoms with van der Waals surface area (Å²) < 4.78 is 10.6. The van der Waals surface area contributed by atoms with Crippen molar-refractivity contribution in [1.82, 2.24) is 4.90 Å². The number of halogens is 1. The van der Waals surface area contributed by atoms with E-state index in [0.717, 1.165) is 41.9 Å². The third kappa shape index (κ3) is 7.45. The van der Waals surface area contributed by atoms with Gasteiger partial charge in [-0.05, 0) is 65.8 Å². The molecule has 6 heteroatoms. The molecule has 0 amide bonds. The summed E-state index contributed by atoms with van der Waals surface area (Å²) in [5, 5.41) is 0.982. The number of thioether (sulfide) groups is 1. The monoisotopic (exact) mass is 562 g/mol. The Kier molecular flexibility index (Phi) is 10.9. The molecule has 0 saturated carbocycles. The van der Waals surface area contributed by atoms with E-state index in [9.17, 15) is 0 Å². The predicted molar refractivity (Wildman–Crippen MR) is 147 cm³/mol. The van der Waals surface area contributed by atoms with Gasteiger partial charge in [-0.15, -0.1) is 24.0 Å². The Morgan fingerprint density at radius 3 is 1.56 bits per heavy atom. The molecule has 3 aromatic carbocycles. The molecule has 0 aromatic heterocycles. The van der Waals surface area contributed by atoms with Crippen molar-refractivity contribution in [1.29, 1.82) is 0 Å². The highest BCUT2D eigenvalue weighted by atomic mass is 127. The highest BCUT2D eigenvalue weighted by Crippen LogP contribution is 2.22. The van der Waals surface area contributed by atoms with Crippen molar-refractivity contribution in [3.8, 4) is 11.5 Å². The van der Waals surface area contributed by atoms with Crippen molar-refractivity contribution in [2.45, 2.75) is 26.4 Å². The summed E-state index contributed by atoms with van der Waals surface area (Å²) in [4.78, 5) is 7.28. The average molecular weight is 563 g/mol. The van der Waals surface area contributed by atoms with E-state index in [2.05, 4.69) is 66.6 Å². The highest BCUT2D eigenvalue weighted by Gasteiger charge is 2.13. The number of hydrogen-bond donors (Lipinski definition) is 0. The van der Waals surface area contributed by atoms with Crippen molar-refractivity contribution in [2.75, 3.05) is 20.5 Å². The largest absolute Gasteiger partial charge is 0.497 e. The van der Waals surface area contributed by atoms with Crippen LogP contribution in [0.4, 0.5) is 5.69 Å². The third-order valence-electron chi connectivity index (χ3n) is 5.09. The number of aryl methyl sites for hydroxylation is 1. The van der Waals surface area contributed by atoms with Crippen LogP contribution in [-0.4, -0.2) is 30.5 Å². The molecular formula is C26H31IN2O2S. The number of methoxy groups -OCH3 is 2. The maximum atomic E-state index is 5.30. The van der Waals surface area contributed by atoms with Gasteiger partial charge in [0.1, 0.15) is 11.5 Å². The molecule has 3 rings (SSSR count). The van der Waals surface area contributed by atoms with Crippen LogP contribution < -0.4 is 9.47 Å². The Balaban J connectivity index is 0.00000363. The second-order valence-corrected chi connectivity index (χ2v) is 7.94. The topological polar surface area (TPSA) is 34.1 Å². The first-order chi connectivity index (χ1) is 15.1. The zero-order chi connectivity index (χ0) is 22.1. The Morgan fingerprint density at radius 1 is 0.750 bits per heavy atom. The van der Waals surface area contributed by atoms with Crippen LogP contribution in [0.1, 0.15) is 23.6 Å². The van der Waals surface area contributed by atoms with Crippen LogP contribution in [-0.2, 0) is 19.5 Å². The zero-order valence-corrected chi connectivity index (χ0v) is 22.2. The number of ether oxygens (including phenoxy) is 2. The molecule has 0 saturated heterocycles. The fourth-order valence-corrected chi connectivity index (χ4v) is 3.84. The van der Waals surface area contributed by atoms with Gasteiger partial charge in [0.15, 0.2) is 5.17 Å². The van der Waals surface area contributed by atoms with Gasteiger partial charge in [-0.1, -0.05) is 55.1 Å². The maximum Gasteiger partial charge on any atom is 0.164 e. The zero-order valence-electron chi connectivity index (χ0n) is 19.1. The fourth-order valence-electron chi connectivity index (χ4n) is 3.26. The Labute approximate surface area is 213 Å². The number of aliphatic imine (C=N–C) groups is 1. The number of benzene rings is 3. The van der Waals surface area contributed by atoms with Crippen LogP contribution in [0, 0.1) is 0 Å².